The summed E-state index contributed by atoms with van der Waals surface area (Å²) in [6, 6.07) is 18.9. The highest BCUT2D eigenvalue weighted by atomic mass is 16.5. The fourth-order valence-electron chi connectivity index (χ4n) is 2.47. The van der Waals surface area contributed by atoms with Crippen LogP contribution in [0.1, 0.15) is 25.8 Å². The highest BCUT2D eigenvalue weighted by Crippen LogP contribution is 2.17. The quantitative estimate of drug-likeness (QED) is 0.641. The summed E-state index contributed by atoms with van der Waals surface area (Å²) in [5.41, 5.74) is 1.36. The lowest BCUT2D eigenvalue weighted by molar-refractivity contribution is 0.190. The van der Waals surface area contributed by atoms with Crippen molar-refractivity contribution in [2.75, 3.05) is 20.3 Å². The van der Waals surface area contributed by atoms with Crippen LogP contribution in [0, 0.1) is 0 Å². The third-order valence-electron chi connectivity index (χ3n) is 3.88. The van der Waals surface area contributed by atoms with Crippen LogP contribution in [0.4, 0.5) is 0 Å². The first-order valence-electron chi connectivity index (χ1n) is 8.24. The maximum absolute atomic E-state index is 5.80. The Labute approximate surface area is 139 Å². The molecule has 0 atom stereocenters. The normalized spacial score (nSPS) is 11.0. The van der Waals surface area contributed by atoms with Gasteiger partial charge in [-0.05, 0) is 50.1 Å². The Morgan fingerprint density at radius 1 is 0.913 bits per heavy atom. The number of methoxy groups -OCH3 is 1. The van der Waals surface area contributed by atoms with Crippen LogP contribution in [0.25, 0.3) is 0 Å². The molecule has 124 valence electrons. The average Bonchev–Trinajstić information content (AvgIpc) is 2.59. The van der Waals surface area contributed by atoms with E-state index in [1.165, 1.54) is 5.56 Å². The predicted octanol–water partition coefficient (Wildman–Crippen LogP) is 4.37. The van der Waals surface area contributed by atoms with E-state index >= 15 is 0 Å². The van der Waals surface area contributed by atoms with Gasteiger partial charge in [-0.25, -0.2) is 0 Å². The molecule has 0 aliphatic heterocycles. The van der Waals surface area contributed by atoms with Gasteiger partial charge in [0.05, 0.1) is 13.7 Å². The lowest BCUT2D eigenvalue weighted by atomic mass is 10.2. The number of nitrogens with zero attached hydrogens (tertiary/aromatic N) is 1. The molecule has 0 spiro atoms. The molecule has 0 fully saturated rings. The van der Waals surface area contributed by atoms with Crippen molar-refractivity contribution < 1.29 is 9.47 Å². The largest absolute Gasteiger partial charge is 0.497 e. The smallest absolute Gasteiger partial charge is 0.119 e. The van der Waals surface area contributed by atoms with Crippen molar-refractivity contribution in [3.05, 3.63) is 60.2 Å². The molecule has 0 aliphatic rings. The first-order chi connectivity index (χ1) is 11.2. The molecule has 2 aromatic rings. The van der Waals surface area contributed by atoms with Crippen molar-refractivity contribution in [2.24, 2.45) is 0 Å². The van der Waals surface area contributed by atoms with Gasteiger partial charge in [-0.2, -0.15) is 0 Å². The monoisotopic (exact) mass is 313 g/mol. The summed E-state index contributed by atoms with van der Waals surface area (Å²) in [6.45, 7) is 7.23. The summed E-state index contributed by atoms with van der Waals surface area (Å²) in [7, 11) is 1.67. The summed E-state index contributed by atoms with van der Waals surface area (Å²) in [6.07, 6.45) is 1.01. The highest BCUT2D eigenvalue weighted by Gasteiger charge is 2.09. The Hall–Kier alpha value is -2.00. The molecular formula is C20H27NO2. The molecule has 0 amide bonds. The molecule has 0 bridgehead atoms. The Morgan fingerprint density at radius 2 is 1.57 bits per heavy atom. The summed E-state index contributed by atoms with van der Waals surface area (Å²) >= 11 is 0. The van der Waals surface area contributed by atoms with Crippen LogP contribution in [0.15, 0.2) is 54.6 Å². The first kappa shape index (κ1) is 17.4. The van der Waals surface area contributed by atoms with Crippen molar-refractivity contribution >= 4 is 0 Å². The van der Waals surface area contributed by atoms with Gasteiger partial charge in [0.1, 0.15) is 11.5 Å². The second-order valence-corrected chi connectivity index (χ2v) is 5.93. The Balaban J connectivity index is 1.75. The highest BCUT2D eigenvalue weighted by molar-refractivity contribution is 5.31. The summed E-state index contributed by atoms with van der Waals surface area (Å²) in [5.74, 6) is 1.75. The van der Waals surface area contributed by atoms with E-state index in [4.69, 9.17) is 9.47 Å². The topological polar surface area (TPSA) is 21.7 Å². The third kappa shape index (κ3) is 5.95. The van der Waals surface area contributed by atoms with Crippen LogP contribution >= 0.6 is 0 Å². The number of rotatable bonds is 9. The molecule has 23 heavy (non-hydrogen) atoms. The Morgan fingerprint density at radius 3 is 2.17 bits per heavy atom. The minimum Gasteiger partial charge on any atom is -0.497 e. The van der Waals surface area contributed by atoms with Crippen LogP contribution < -0.4 is 9.47 Å². The maximum Gasteiger partial charge on any atom is 0.119 e. The molecule has 0 N–H and O–H groups in total. The molecule has 0 unspecified atom stereocenters. The second kappa shape index (κ2) is 9.21. The molecule has 0 radical (unpaired) electrons. The van der Waals surface area contributed by atoms with Crippen molar-refractivity contribution in [3.8, 4) is 11.5 Å². The first-order valence-corrected chi connectivity index (χ1v) is 8.24. The third-order valence-corrected chi connectivity index (χ3v) is 3.88. The zero-order valence-electron chi connectivity index (χ0n) is 14.4. The molecule has 2 rings (SSSR count). The zero-order valence-corrected chi connectivity index (χ0v) is 14.4. The Kier molecular flexibility index (Phi) is 6.95. The van der Waals surface area contributed by atoms with Crippen LogP contribution in [0.2, 0.25) is 0 Å². The minimum atomic E-state index is 0.524. The van der Waals surface area contributed by atoms with Gasteiger partial charge in [-0.15, -0.1) is 0 Å². The molecular weight excluding hydrogens is 286 g/mol. The number of ether oxygens (including phenoxy) is 2. The molecule has 0 aromatic heterocycles. The minimum absolute atomic E-state index is 0.524. The van der Waals surface area contributed by atoms with Gasteiger partial charge in [0.15, 0.2) is 0 Å². The van der Waals surface area contributed by atoms with Gasteiger partial charge in [0, 0.05) is 19.1 Å². The number of hydrogen-bond donors (Lipinski definition) is 0. The van der Waals surface area contributed by atoms with Gasteiger partial charge in [-0.3, -0.25) is 4.90 Å². The average molecular weight is 313 g/mol. The van der Waals surface area contributed by atoms with E-state index in [-0.39, 0.29) is 0 Å². The van der Waals surface area contributed by atoms with Crippen LogP contribution in [-0.4, -0.2) is 31.2 Å². The molecule has 0 saturated heterocycles. The van der Waals surface area contributed by atoms with Crippen molar-refractivity contribution in [3.63, 3.8) is 0 Å². The molecule has 2 aromatic carbocycles. The lowest BCUT2D eigenvalue weighted by Gasteiger charge is -2.26. The molecule has 3 nitrogen and oxygen atoms in total. The van der Waals surface area contributed by atoms with E-state index in [2.05, 4.69) is 49.1 Å². The fourth-order valence-corrected chi connectivity index (χ4v) is 2.47. The molecule has 0 heterocycles. The van der Waals surface area contributed by atoms with Gasteiger partial charge in [-0.1, -0.05) is 30.3 Å². The van der Waals surface area contributed by atoms with Gasteiger partial charge >= 0.3 is 0 Å². The van der Waals surface area contributed by atoms with Crippen molar-refractivity contribution in [2.45, 2.75) is 32.9 Å². The number of hydrogen-bond acceptors (Lipinski definition) is 3. The lowest BCUT2D eigenvalue weighted by Crippen LogP contribution is -2.32. The summed E-state index contributed by atoms with van der Waals surface area (Å²) in [4.78, 5) is 2.48. The SMILES string of the molecule is COc1ccc(OCCCN(Cc2ccccc2)C(C)C)cc1. The van der Waals surface area contributed by atoms with E-state index in [1.54, 1.807) is 7.11 Å². The zero-order chi connectivity index (χ0) is 16.5. The van der Waals surface area contributed by atoms with Crippen molar-refractivity contribution in [1.82, 2.24) is 4.90 Å². The maximum atomic E-state index is 5.80. The van der Waals surface area contributed by atoms with Gasteiger partial charge in [0.2, 0.25) is 0 Å². The van der Waals surface area contributed by atoms with E-state index < -0.39 is 0 Å². The second-order valence-electron chi connectivity index (χ2n) is 5.93. The van der Waals surface area contributed by atoms with E-state index in [9.17, 15) is 0 Å². The van der Waals surface area contributed by atoms with Crippen molar-refractivity contribution in [1.29, 1.82) is 0 Å². The van der Waals surface area contributed by atoms with Crippen LogP contribution in [0.5, 0.6) is 11.5 Å². The van der Waals surface area contributed by atoms with E-state index in [1.807, 2.05) is 24.3 Å². The summed E-state index contributed by atoms with van der Waals surface area (Å²) in [5, 5.41) is 0. The van der Waals surface area contributed by atoms with Gasteiger partial charge in [0.25, 0.3) is 0 Å². The number of benzene rings is 2. The fraction of sp³-hybridized carbons (Fsp3) is 0.400. The molecule has 0 saturated carbocycles. The van der Waals surface area contributed by atoms with Crippen LogP contribution in [0.3, 0.4) is 0 Å². The molecule has 3 heteroatoms. The van der Waals surface area contributed by atoms with Crippen LogP contribution in [-0.2, 0) is 6.54 Å². The standard InChI is InChI=1S/C20H27NO2/c1-17(2)21(16-18-8-5-4-6-9-18)14-7-15-23-20-12-10-19(22-3)11-13-20/h4-6,8-13,17H,7,14-16H2,1-3H3. The summed E-state index contributed by atoms with van der Waals surface area (Å²) < 4.78 is 11.0. The van der Waals surface area contributed by atoms with Gasteiger partial charge < -0.3 is 9.47 Å². The predicted molar refractivity (Wildman–Crippen MR) is 95.1 cm³/mol. The van der Waals surface area contributed by atoms with E-state index in [0.717, 1.165) is 37.6 Å². The Bertz CT molecular complexity index is 552. The van der Waals surface area contributed by atoms with E-state index in [0.29, 0.717) is 6.04 Å². The molecule has 0 aliphatic carbocycles.